The number of benzene rings is 2. The maximum atomic E-state index is 12.7. The highest BCUT2D eigenvalue weighted by Crippen LogP contribution is 2.29. The maximum Gasteiger partial charge on any atom is 0.416 e. The lowest BCUT2D eigenvalue weighted by Crippen LogP contribution is -2.13. The minimum absolute atomic E-state index is 0.0943. The van der Waals surface area contributed by atoms with Gasteiger partial charge in [0.2, 0.25) is 0 Å². The second-order valence-corrected chi connectivity index (χ2v) is 5.30. The summed E-state index contributed by atoms with van der Waals surface area (Å²) < 4.78 is 38.0. The van der Waals surface area contributed by atoms with Gasteiger partial charge in [0.15, 0.2) is 0 Å². The highest BCUT2D eigenvalue weighted by atomic mass is 32.1. The summed E-state index contributed by atoms with van der Waals surface area (Å²) in [6.45, 7) is 0. The number of halogens is 3. The molecule has 0 radical (unpaired) electrons. The average molecular weight is 339 g/mol. The van der Waals surface area contributed by atoms with Crippen molar-refractivity contribution in [3.63, 3.8) is 0 Å². The van der Waals surface area contributed by atoms with Gasteiger partial charge in [0.25, 0.3) is 0 Å². The van der Waals surface area contributed by atoms with Gasteiger partial charge in [-0.2, -0.15) is 13.2 Å². The van der Waals surface area contributed by atoms with Crippen molar-refractivity contribution < 1.29 is 23.1 Å². The first-order chi connectivity index (χ1) is 10.8. The quantitative estimate of drug-likeness (QED) is 0.812. The lowest BCUT2D eigenvalue weighted by atomic mass is 10.1. The molecule has 120 valence electrons. The Morgan fingerprint density at radius 3 is 2.48 bits per heavy atom. The van der Waals surface area contributed by atoms with Gasteiger partial charge in [-0.1, -0.05) is 36.5 Å². The minimum Gasteiger partial charge on any atom is -0.478 e. The largest absolute Gasteiger partial charge is 0.478 e. The summed E-state index contributed by atoms with van der Waals surface area (Å²) in [5.41, 5.74) is 0.260. The highest BCUT2D eigenvalue weighted by Gasteiger charge is 2.30. The molecule has 0 bridgehead atoms. The Labute approximate surface area is 135 Å². The van der Waals surface area contributed by atoms with Crippen LogP contribution in [0.1, 0.15) is 21.5 Å². The van der Waals surface area contributed by atoms with Gasteiger partial charge in [-0.05, 0) is 29.8 Å². The van der Waals surface area contributed by atoms with Crippen LogP contribution in [0.5, 0.6) is 0 Å². The van der Waals surface area contributed by atoms with Gasteiger partial charge in [0.05, 0.1) is 16.1 Å². The third kappa shape index (κ3) is 4.79. The zero-order chi connectivity index (χ0) is 17.0. The molecular formula is C16H12F3NO2S. The Morgan fingerprint density at radius 1 is 1.13 bits per heavy atom. The molecule has 7 heteroatoms. The number of hydrogen-bond donors (Lipinski definition) is 2. The van der Waals surface area contributed by atoms with Gasteiger partial charge in [-0.3, -0.25) is 0 Å². The molecule has 0 atom stereocenters. The Morgan fingerprint density at radius 2 is 1.83 bits per heavy atom. The summed E-state index contributed by atoms with van der Waals surface area (Å²) in [6.07, 6.45) is -4.28. The maximum absolute atomic E-state index is 12.7. The minimum atomic E-state index is -4.40. The molecule has 2 N–H and O–H groups in total. The van der Waals surface area contributed by atoms with Gasteiger partial charge >= 0.3 is 12.1 Å². The third-order valence-electron chi connectivity index (χ3n) is 3.01. The predicted octanol–water partition coefficient (Wildman–Crippen LogP) is 4.39. The van der Waals surface area contributed by atoms with Crippen molar-refractivity contribution in [1.29, 1.82) is 0 Å². The smallest absolute Gasteiger partial charge is 0.416 e. The number of rotatable bonds is 4. The van der Waals surface area contributed by atoms with Crippen molar-refractivity contribution in [2.24, 2.45) is 0 Å². The molecule has 0 unspecified atom stereocenters. The number of anilines is 1. The summed E-state index contributed by atoms with van der Waals surface area (Å²) >= 11 is 5.12. The van der Waals surface area contributed by atoms with Gasteiger partial charge < -0.3 is 10.4 Å². The number of alkyl halides is 3. The molecule has 3 nitrogen and oxygen atoms in total. The van der Waals surface area contributed by atoms with E-state index in [0.717, 1.165) is 12.1 Å². The van der Waals surface area contributed by atoms with E-state index in [1.165, 1.54) is 18.2 Å². The fourth-order valence-electron chi connectivity index (χ4n) is 1.98. The summed E-state index contributed by atoms with van der Waals surface area (Å²) in [4.78, 5) is 11.2. The number of carboxylic acid groups (broad SMARTS) is 1. The Bertz CT molecular complexity index is 744. The molecule has 0 heterocycles. The zero-order valence-corrected chi connectivity index (χ0v) is 12.5. The predicted molar refractivity (Wildman–Crippen MR) is 84.8 cm³/mol. The van der Waals surface area contributed by atoms with E-state index in [-0.39, 0.29) is 12.0 Å². The summed E-state index contributed by atoms with van der Waals surface area (Å²) in [6, 6.07) is 10.9. The lowest BCUT2D eigenvalue weighted by Gasteiger charge is -2.11. The Kier molecular flexibility index (Phi) is 5.00. The van der Waals surface area contributed by atoms with Crippen LogP contribution in [0.25, 0.3) is 0 Å². The van der Waals surface area contributed by atoms with Gasteiger partial charge in [-0.15, -0.1) is 0 Å². The highest BCUT2D eigenvalue weighted by molar-refractivity contribution is 7.80. The van der Waals surface area contributed by atoms with Crippen LogP contribution in [-0.4, -0.2) is 16.1 Å². The first-order valence-electron chi connectivity index (χ1n) is 6.55. The molecule has 23 heavy (non-hydrogen) atoms. The van der Waals surface area contributed by atoms with Crippen LogP contribution in [0.2, 0.25) is 0 Å². The van der Waals surface area contributed by atoms with Crippen molar-refractivity contribution in [2.75, 3.05) is 5.32 Å². The number of thiocarbonyl (C=S) groups is 1. The molecule has 0 aliphatic heterocycles. The van der Waals surface area contributed by atoms with E-state index in [1.807, 2.05) is 0 Å². The molecule has 2 rings (SSSR count). The molecule has 0 spiro atoms. The Balaban J connectivity index is 2.08. The van der Waals surface area contributed by atoms with E-state index in [9.17, 15) is 18.0 Å². The van der Waals surface area contributed by atoms with Crippen molar-refractivity contribution in [1.82, 2.24) is 0 Å². The second kappa shape index (κ2) is 6.78. The van der Waals surface area contributed by atoms with E-state index in [2.05, 4.69) is 5.32 Å². The van der Waals surface area contributed by atoms with Crippen molar-refractivity contribution in [3.8, 4) is 0 Å². The number of hydrogen-bond acceptors (Lipinski definition) is 2. The van der Waals surface area contributed by atoms with Crippen LogP contribution in [0.4, 0.5) is 18.9 Å². The van der Waals surface area contributed by atoms with Gasteiger partial charge in [0.1, 0.15) is 0 Å². The first-order valence-corrected chi connectivity index (χ1v) is 6.96. The van der Waals surface area contributed by atoms with Crippen LogP contribution in [-0.2, 0) is 12.6 Å². The molecule has 0 aliphatic carbocycles. The van der Waals surface area contributed by atoms with E-state index in [1.54, 1.807) is 18.2 Å². The number of carboxylic acids is 1. The molecule has 0 aromatic heterocycles. The van der Waals surface area contributed by atoms with Crippen LogP contribution in [0.3, 0.4) is 0 Å². The number of aromatic carboxylic acids is 1. The van der Waals surface area contributed by atoms with Crippen LogP contribution in [0.15, 0.2) is 48.5 Å². The molecule has 0 saturated heterocycles. The van der Waals surface area contributed by atoms with Crippen molar-refractivity contribution in [3.05, 3.63) is 65.2 Å². The first kappa shape index (κ1) is 17.0. The summed E-state index contributed by atoms with van der Waals surface area (Å²) in [5.74, 6) is -1.07. The van der Waals surface area contributed by atoms with E-state index in [4.69, 9.17) is 17.3 Å². The topological polar surface area (TPSA) is 49.3 Å². The molecule has 0 aliphatic rings. The Hall–Kier alpha value is -2.41. The summed E-state index contributed by atoms with van der Waals surface area (Å²) in [5, 5.41) is 11.7. The molecule has 0 fully saturated rings. The third-order valence-corrected chi connectivity index (χ3v) is 3.26. The average Bonchev–Trinajstić information content (AvgIpc) is 2.46. The monoisotopic (exact) mass is 339 g/mol. The summed E-state index contributed by atoms with van der Waals surface area (Å²) in [7, 11) is 0. The normalized spacial score (nSPS) is 11.1. The lowest BCUT2D eigenvalue weighted by molar-refractivity contribution is -0.137. The van der Waals surface area contributed by atoms with Crippen LogP contribution >= 0.6 is 12.2 Å². The molecule has 2 aromatic carbocycles. The van der Waals surface area contributed by atoms with Crippen molar-refractivity contribution in [2.45, 2.75) is 12.6 Å². The SMILES string of the molecule is O=C(O)c1cccc(NC(=S)Cc2cccc(C(F)(F)F)c2)c1. The molecule has 2 aromatic rings. The molecule has 0 saturated carbocycles. The van der Waals surface area contributed by atoms with Crippen molar-refractivity contribution >= 4 is 28.9 Å². The fraction of sp³-hybridized carbons (Fsp3) is 0.125. The fourth-order valence-corrected chi connectivity index (χ4v) is 2.26. The van der Waals surface area contributed by atoms with Crippen LogP contribution < -0.4 is 5.32 Å². The number of carbonyl (C=O) groups is 1. The zero-order valence-electron chi connectivity index (χ0n) is 11.7. The standard InChI is InChI=1S/C16H12F3NO2S/c17-16(18,19)12-5-1-3-10(7-12)8-14(23)20-13-6-2-4-11(9-13)15(21)22/h1-7,9H,8H2,(H,20,23)(H,21,22). The van der Waals surface area contributed by atoms with Gasteiger partial charge in [0, 0.05) is 12.1 Å². The second-order valence-electron chi connectivity index (χ2n) is 4.81. The van der Waals surface area contributed by atoms with Gasteiger partial charge in [-0.25, -0.2) is 4.79 Å². The van der Waals surface area contributed by atoms with E-state index < -0.39 is 17.7 Å². The van der Waals surface area contributed by atoms with Crippen LogP contribution in [0, 0.1) is 0 Å². The van der Waals surface area contributed by atoms with E-state index in [0.29, 0.717) is 16.2 Å². The van der Waals surface area contributed by atoms with E-state index >= 15 is 0 Å². The molecular weight excluding hydrogens is 327 g/mol. The molecule has 0 amide bonds. The number of nitrogens with one attached hydrogen (secondary N) is 1.